The second kappa shape index (κ2) is 3.64. The zero-order valence-corrected chi connectivity index (χ0v) is 8.70. The van der Waals surface area contributed by atoms with Gasteiger partial charge in [-0.1, -0.05) is 15.9 Å². The number of ether oxygens (including phenoxy) is 1. The maximum Gasteiger partial charge on any atom is 0.214 e. The Hall–Kier alpha value is -0.610. The number of pyridine rings is 1. The minimum Gasteiger partial charge on any atom is -0.474 e. The monoisotopic (exact) mass is 242 g/mol. The third-order valence-electron chi connectivity index (χ3n) is 2.12. The average molecular weight is 243 g/mol. The lowest BCUT2D eigenvalue weighted by Gasteiger charge is -2.32. The number of halogens is 1. The Morgan fingerprint density at radius 1 is 1.54 bits per heavy atom. The smallest absolute Gasteiger partial charge is 0.214 e. The van der Waals surface area contributed by atoms with Crippen LogP contribution in [0.1, 0.15) is 12.8 Å². The van der Waals surface area contributed by atoms with E-state index in [1.807, 2.05) is 12.1 Å². The maximum absolute atomic E-state index is 5.64. The topological polar surface area (TPSA) is 48.1 Å². The molecule has 0 amide bonds. The van der Waals surface area contributed by atoms with Crippen molar-refractivity contribution in [2.24, 2.45) is 5.73 Å². The first-order chi connectivity index (χ1) is 6.24. The summed E-state index contributed by atoms with van der Waals surface area (Å²) in [7, 11) is 0. The molecule has 0 unspecified atom stereocenters. The molecule has 1 fully saturated rings. The van der Waals surface area contributed by atoms with Crippen LogP contribution in [0.2, 0.25) is 0 Å². The van der Waals surface area contributed by atoms with Crippen molar-refractivity contribution in [1.82, 2.24) is 4.98 Å². The second-order valence-electron chi connectivity index (χ2n) is 3.28. The van der Waals surface area contributed by atoms with Crippen molar-refractivity contribution < 1.29 is 4.74 Å². The molecule has 1 aliphatic rings. The maximum atomic E-state index is 5.64. The van der Waals surface area contributed by atoms with Crippen LogP contribution < -0.4 is 10.5 Å². The Bertz CT molecular complexity index is 299. The molecule has 1 aliphatic carbocycles. The van der Waals surface area contributed by atoms with Crippen molar-refractivity contribution in [2.45, 2.75) is 25.0 Å². The molecule has 3 nitrogen and oxygen atoms in total. The van der Waals surface area contributed by atoms with Gasteiger partial charge in [0.25, 0.3) is 0 Å². The quantitative estimate of drug-likeness (QED) is 0.860. The summed E-state index contributed by atoms with van der Waals surface area (Å²) in [6.07, 6.45) is 3.86. The first kappa shape index (κ1) is 8.97. The van der Waals surface area contributed by atoms with Crippen molar-refractivity contribution in [3.63, 3.8) is 0 Å². The molecular formula is C9H11BrN2O. The minimum absolute atomic E-state index is 0.261. The third kappa shape index (κ3) is 2.19. The van der Waals surface area contributed by atoms with Gasteiger partial charge in [0.15, 0.2) is 0 Å². The molecule has 13 heavy (non-hydrogen) atoms. The fraction of sp³-hybridized carbons (Fsp3) is 0.444. The minimum atomic E-state index is 0.261. The SMILES string of the molecule is NC1CC(Oc2cc(Br)ccn2)C1. The van der Waals surface area contributed by atoms with E-state index >= 15 is 0 Å². The second-order valence-corrected chi connectivity index (χ2v) is 4.20. The summed E-state index contributed by atoms with van der Waals surface area (Å²) in [5, 5.41) is 0. The van der Waals surface area contributed by atoms with Crippen LogP contribution in [0.5, 0.6) is 5.88 Å². The lowest BCUT2D eigenvalue weighted by molar-refractivity contribution is 0.0958. The summed E-state index contributed by atoms with van der Waals surface area (Å²) in [5.74, 6) is 0.672. The first-order valence-electron chi connectivity index (χ1n) is 4.28. The van der Waals surface area contributed by atoms with E-state index in [-0.39, 0.29) is 6.10 Å². The molecular weight excluding hydrogens is 232 g/mol. The number of hydrogen-bond acceptors (Lipinski definition) is 3. The van der Waals surface area contributed by atoms with E-state index in [4.69, 9.17) is 10.5 Å². The highest BCUT2D eigenvalue weighted by molar-refractivity contribution is 9.10. The molecule has 0 aromatic carbocycles. The number of rotatable bonds is 2. The molecule has 0 bridgehead atoms. The van der Waals surface area contributed by atoms with Crippen molar-refractivity contribution >= 4 is 15.9 Å². The summed E-state index contributed by atoms with van der Waals surface area (Å²) in [4.78, 5) is 4.09. The van der Waals surface area contributed by atoms with Crippen molar-refractivity contribution in [3.8, 4) is 5.88 Å². The van der Waals surface area contributed by atoms with E-state index in [0.29, 0.717) is 11.9 Å². The van der Waals surface area contributed by atoms with Gasteiger partial charge in [-0.15, -0.1) is 0 Å². The largest absolute Gasteiger partial charge is 0.474 e. The van der Waals surface area contributed by atoms with E-state index in [1.54, 1.807) is 6.20 Å². The lowest BCUT2D eigenvalue weighted by atomic mass is 9.90. The predicted molar refractivity (Wildman–Crippen MR) is 53.6 cm³/mol. The molecule has 1 saturated carbocycles. The van der Waals surface area contributed by atoms with E-state index in [1.165, 1.54) is 0 Å². The summed E-state index contributed by atoms with van der Waals surface area (Å²) in [6, 6.07) is 4.06. The van der Waals surface area contributed by atoms with Crippen LogP contribution in [0.4, 0.5) is 0 Å². The van der Waals surface area contributed by atoms with E-state index in [2.05, 4.69) is 20.9 Å². The molecule has 0 spiro atoms. The van der Waals surface area contributed by atoms with Gasteiger partial charge in [0.1, 0.15) is 6.10 Å². The summed E-state index contributed by atoms with van der Waals surface area (Å²) in [6.45, 7) is 0. The standard InChI is InChI=1S/C9H11BrN2O/c10-6-1-2-12-9(3-6)13-8-4-7(11)5-8/h1-3,7-8H,4-5,11H2. The lowest BCUT2D eigenvalue weighted by Crippen LogP contribution is -2.43. The number of nitrogens with zero attached hydrogens (tertiary/aromatic N) is 1. The first-order valence-corrected chi connectivity index (χ1v) is 5.07. The normalized spacial score (nSPS) is 26.6. The highest BCUT2D eigenvalue weighted by atomic mass is 79.9. The van der Waals surface area contributed by atoms with Gasteiger partial charge in [-0.2, -0.15) is 0 Å². The summed E-state index contributed by atoms with van der Waals surface area (Å²) in [5.41, 5.74) is 5.64. The van der Waals surface area contributed by atoms with E-state index < -0.39 is 0 Å². The predicted octanol–water partition coefficient (Wildman–Crippen LogP) is 1.71. The molecule has 1 heterocycles. The van der Waals surface area contributed by atoms with Crippen molar-refractivity contribution in [2.75, 3.05) is 0 Å². The summed E-state index contributed by atoms with van der Waals surface area (Å²) >= 11 is 3.36. The van der Waals surface area contributed by atoms with Gasteiger partial charge in [0, 0.05) is 22.8 Å². The Kier molecular flexibility index (Phi) is 2.51. The van der Waals surface area contributed by atoms with Gasteiger partial charge in [-0.05, 0) is 18.9 Å². The summed E-state index contributed by atoms with van der Waals surface area (Å²) < 4.78 is 6.57. The van der Waals surface area contributed by atoms with E-state index in [9.17, 15) is 0 Å². The Balaban J connectivity index is 1.94. The molecule has 2 N–H and O–H groups in total. The van der Waals surface area contributed by atoms with Gasteiger partial charge >= 0.3 is 0 Å². The van der Waals surface area contributed by atoms with Gasteiger partial charge in [-0.3, -0.25) is 0 Å². The van der Waals surface area contributed by atoms with Crippen LogP contribution in [0, 0.1) is 0 Å². The number of hydrogen-bond donors (Lipinski definition) is 1. The van der Waals surface area contributed by atoms with Gasteiger partial charge in [-0.25, -0.2) is 4.98 Å². The van der Waals surface area contributed by atoms with Crippen LogP contribution >= 0.6 is 15.9 Å². The highest BCUT2D eigenvalue weighted by Gasteiger charge is 2.27. The van der Waals surface area contributed by atoms with Gasteiger partial charge in [0.2, 0.25) is 5.88 Å². The fourth-order valence-corrected chi connectivity index (χ4v) is 1.64. The van der Waals surface area contributed by atoms with Crippen LogP contribution in [0.25, 0.3) is 0 Å². The molecule has 4 heteroatoms. The van der Waals surface area contributed by atoms with Crippen LogP contribution in [0.15, 0.2) is 22.8 Å². The molecule has 0 saturated heterocycles. The van der Waals surface area contributed by atoms with E-state index in [0.717, 1.165) is 17.3 Å². The molecule has 0 aliphatic heterocycles. The molecule has 1 aromatic heterocycles. The average Bonchev–Trinajstić information content (AvgIpc) is 2.01. The van der Waals surface area contributed by atoms with Crippen LogP contribution in [-0.4, -0.2) is 17.1 Å². The molecule has 0 atom stereocenters. The van der Waals surface area contributed by atoms with Gasteiger partial charge < -0.3 is 10.5 Å². The third-order valence-corrected chi connectivity index (χ3v) is 2.61. The van der Waals surface area contributed by atoms with Crippen molar-refractivity contribution in [1.29, 1.82) is 0 Å². The number of aromatic nitrogens is 1. The number of nitrogens with two attached hydrogens (primary N) is 1. The van der Waals surface area contributed by atoms with Crippen molar-refractivity contribution in [3.05, 3.63) is 22.8 Å². The Morgan fingerprint density at radius 3 is 2.92 bits per heavy atom. The zero-order chi connectivity index (χ0) is 9.26. The molecule has 0 radical (unpaired) electrons. The molecule has 2 rings (SSSR count). The fourth-order valence-electron chi connectivity index (χ4n) is 1.32. The van der Waals surface area contributed by atoms with Crippen LogP contribution in [0.3, 0.4) is 0 Å². The molecule has 1 aromatic rings. The van der Waals surface area contributed by atoms with Gasteiger partial charge in [0.05, 0.1) is 0 Å². The Labute approximate surface area is 85.4 Å². The zero-order valence-electron chi connectivity index (χ0n) is 7.11. The highest BCUT2D eigenvalue weighted by Crippen LogP contribution is 2.24. The van der Waals surface area contributed by atoms with Crippen LogP contribution in [-0.2, 0) is 0 Å². The Morgan fingerprint density at radius 2 is 2.31 bits per heavy atom. The molecule has 70 valence electrons.